The molecular weight excluding hydrogens is 580 g/mol. The van der Waals surface area contributed by atoms with E-state index in [1.165, 1.54) is 55.6 Å². The first-order valence-electron chi connectivity index (χ1n) is 16.7. The molecule has 236 valence electrons. The Labute approximate surface area is 281 Å². The van der Waals surface area contributed by atoms with Gasteiger partial charge in [-0.05, 0) is 100 Å². The quantitative estimate of drug-likeness (QED) is 0.262. The first-order valence-corrected chi connectivity index (χ1v) is 17.0. The lowest BCUT2D eigenvalue weighted by atomic mass is 9.75. The van der Waals surface area contributed by atoms with Crippen LogP contribution in [0.2, 0.25) is 0 Å². The highest BCUT2D eigenvalue weighted by atomic mass is 35.5. The van der Waals surface area contributed by atoms with E-state index in [1.807, 2.05) is 7.05 Å². The number of halogens is 1. The van der Waals surface area contributed by atoms with Crippen molar-refractivity contribution in [2.24, 2.45) is 0 Å². The fourth-order valence-corrected chi connectivity index (χ4v) is 8.00. The van der Waals surface area contributed by atoms with Crippen molar-refractivity contribution < 1.29 is 0 Å². The maximum atomic E-state index is 7.05. The van der Waals surface area contributed by atoms with Gasteiger partial charge in [-0.15, -0.1) is 0 Å². The fraction of sp³-hybridized carbons (Fsp3) is 0.302. The van der Waals surface area contributed by atoms with Crippen molar-refractivity contribution in [1.82, 2.24) is 0 Å². The van der Waals surface area contributed by atoms with E-state index in [2.05, 4.69) is 149 Å². The van der Waals surface area contributed by atoms with E-state index in [0.717, 1.165) is 48.4 Å². The van der Waals surface area contributed by atoms with Crippen LogP contribution in [0, 0.1) is 0 Å². The van der Waals surface area contributed by atoms with E-state index in [1.54, 1.807) is 0 Å². The molecule has 0 radical (unpaired) electrons. The summed E-state index contributed by atoms with van der Waals surface area (Å²) in [6.07, 6.45) is 23.1. The molecule has 0 amide bonds. The van der Waals surface area contributed by atoms with Crippen LogP contribution in [0.3, 0.4) is 0 Å². The minimum atomic E-state index is -0.275. The largest absolute Gasteiger partial charge is 0.388 e. The van der Waals surface area contributed by atoms with Crippen molar-refractivity contribution in [1.29, 1.82) is 0 Å². The van der Waals surface area contributed by atoms with Crippen LogP contribution < -0.4 is 10.2 Å². The Morgan fingerprint density at radius 3 is 2.59 bits per heavy atom. The predicted molar refractivity (Wildman–Crippen MR) is 202 cm³/mol. The Morgan fingerprint density at radius 1 is 1.00 bits per heavy atom. The van der Waals surface area contributed by atoms with E-state index in [-0.39, 0.29) is 10.8 Å². The monoisotopic (exact) mass is 626 g/mol. The molecule has 3 aliphatic rings. The molecule has 46 heavy (non-hydrogen) atoms. The van der Waals surface area contributed by atoms with Crippen molar-refractivity contribution in [3.63, 3.8) is 0 Å². The molecule has 0 bridgehead atoms. The molecule has 0 fully saturated rings. The number of anilines is 2. The summed E-state index contributed by atoms with van der Waals surface area (Å²) < 4.78 is 0. The number of likely N-dealkylation sites (N-methyl/N-ethyl adjacent to an activating group) is 1. The van der Waals surface area contributed by atoms with Crippen molar-refractivity contribution in [2.75, 3.05) is 24.3 Å². The molecule has 1 aliphatic heterocycles. The Morgan fingerprint density at radius 2 is 1.78 bits per heavy atom. The van der Waals surface area contributed by atoms with Gasteiger partial charge in [-0.1, -0.05) is 125 Å². The van der Waals surface area contributed by atoms with Crippen LogP contribution in [0.1, 0.15) is 75.6 Å². The van der Waals surface area contributed by atoms with Crippen molar-refractivity contribution in [3.05, 3.63) is 147 Å². The SMILES string of the molecule is C=C(/C=C/C1=C(Cl)C(=C/C=C/C=C2/N(C)c3ccc4c(c3C2(C)C)C=CCC4)/CCC1)C(C)(C)c1c(NC)ccc2ccccc12. The van der Waals surface area contributed by atoms with E-state index in [4.69, 9.17) is 11.6 Å². The van der Waals surface area contributed by atoms with Gasteiger partial charge in [-0.25, -0.2) is 0 Å². The summed E-state index contributed by atoms with van der Waals surface area (Å²) in [5, 5.41) is 6.78. The van der Waals surface area contributed by atoms with Crippen molar-refractivity contribution >= 4 is 39.8 Å². The number of allylic oxidation sites excluding steroid dienone is 12. The third-order valence-electron chi connectivity index (χ3n) is 10.4. The zero-order valence-corrected chi connectivity index (χ0v) is 29.1. The summed E-state index contributed by atoms with van der Waals surface area (Å²) >= 11 is 7.05. The van der Waals surface area contributed by atoms with Gasteiger partial charge in [-0.2, -0.15) is 0 Å². The first-order chi connectivity index (χ1) is 22.1. The first kappa shape index (κ1) is 32.0. The predicted octanol–water partition coefficient (Wildman–Crippen LogP) is 11.7. The molecule has 0 saturated carbocycles. The van der Waals surface area contributed by atoms with E-state index in [0.29, 0.717) is 0 Å². The Kier molecular flexibility index (Phi) is 8.79. The van der Waals surface area contributed by atoms with Crippen LogP contribution >= 0.6 is 11.6 Å². The minimum Gasteiger partial charge on any atom is -0.388 e. The van der Waals surface area contributed by atoms with Gasteiger partial charge in [-0.3, -0.25) is 0 Å². The van der Waals surface area contributed by atoms with Crippen LogP contribution in [-0.4, -0.2) is 14.1 Å². The second kappa shape index (κ2) is 12.6. The number of hydrogen-bond acceptors (Lipinski definition) is 2. The lowest BCUT2D eigenvalue weighted by Crippen LogP contribution is -2.23. The van der Waals surface area contributed by atoms with Gasteiger partial charge in [0.25, 0.3) is 0 Å². The molecular formula is C43H47ClN2. The molecule has 0 unspecified atom stereocenters. The van der Waals surface area contributed by atoms with Gasteiger partial charge in [0.2, 0.25) is 0 Å². The van der Waals surface area contributed by atoms with E-state index < -0.39 is 0 Å². The molecule has 0 saturated heterocycles. The number of rotatable bonds is 7. The molecule has 0 aromatic heterocycles. The van der Waals surface area contributed by atoms with Crippen molar-refractivity contribution in [2.45, 2.75) is 70.6 Å². The lowest BCUT2D eigenvalue weighted by molar-refractivity contribution is 0.637. The van der Waals surface area contributed by atoms with Gasteiger partial charge < -0.3 is 10.2 Å². The zero-order valence-electron chi connectivity index (χ0n) is 28.3. The average molecular weight is 627 g/mol. The second-order valence-electron chi connectivity index (χ2n) is 13.9. The molecule has 6 rings (SSSR count). The van der Waals surface area contributed by atoms with Crippen molar-refractivity contribution in [3.8, 4) is 0 Å². The normalized spacial score (nSPS) is 19.6. The summed E-state index contributed by atoms with van der Waals surface area (Å²) in [5.74, 6) is 0. The number of benzene rings is 3. The Balaban J connectivity index is 1.22. The molecule has 3 aromatic rings. The van der Waals surface area contributed by atoms with Crippen LogP contribution in [0.5, 0.6) is 0 Å². The molecule has 3 heteroatoms. The van der Waals surface area contributed by atoms with Gasteiger partial charge in [0, 0.05) is 47.0 Å². The highest BCUT2D eigenvalue weighted by molar-refractivity contribution is 6.32. The number of fused-ring (bicyclic) bond motifs is 4. The van der Waals surface area contributed by atoms with E-state index in [9.17, 15) is 0 Å². The summed E-state index contributed by atoms with van der Waals surface area (Å²) in [6.45, 7) is 13.8. The third-order valence-corrected chi connectivity index (χ3v) is 10.9. The van der Waals surface area contributed by atoms with Crippen LogP contribution in [0.4, 0.5) is 11.4 Å². The van der Waals surface area contributed by atoms with Crippen LogP contribution in [0.15, 0.2) is 125 Å². The van der Waals surface area contributed by atoms with E-state index >= 15 is 0 Å². The smallest absolute Gasteiger partial charge is 0.0469 e. The molecule has 0 atom stereocenters. The number of nitrogens with zero attached hydrogens (tertiary/aromatic N) is 1. The van der Waals surface area contributed by atoms with Gasteiger partial charge in [0.05, 0.1) is 0 Å². The maximum Gasteiger partial charge on any atom is 0.0469 e. The van der Waals surface area contributed by atoms with Gasteiger partial charge >= 0.3 is 0 Å². The van der Waals surface area contributed by atoms with Gasteiger partial charge in [0.1, 0.15) is 0 Å². The summed E-state index contributed by atoms with van der Waals surface area (Å²) in [7, 11) is 4.18. The Bertz CT molecular complexity index is 1890. The zero-order chi connectivity index (χ0) is 32.6. The molecule has 1 heterocycles. The standard InChI is InChI=1S/C43H47ClN2/c1-29(42(2,3)39-34-20-11-8-15-30(34)25-27-36(39)45-6)23-24-33-19-14-18-32(41(33)44)17-10-13-22-38-43(4,5)40-35-21-12-9-16-31(35)26-28-37(40)46(38)7/h8,10-13,15,17,20-28,45H,1,9,14,16,18-19H2,2-7H3/b13-10+,24-23+,32-17+,38-22+. The van der Waals surface area contributed by atoms with Gasteiger partial charge in [0.15, 0.2) is 0 Å². The molecule has 3 aromatic carbocycles. The molecule has 2 nitrogen and oxygen atoms in total. The topological polar surface area (TPSA) is 15.3 Å². The Hall–Kier alpha value is -4.01. The second-order valence-corrected chi connectivity index (χ2v) is 14.3. The highest BCUT2D eigenvalue weighted by Gasteiger charge is 2.40. The third kappa shape index (κ3) is 5.62. The summed E-state index contributed by atoms with van der Waals surface area (Å²) in [5.41, 5.74) is 12.5. The highest BCUT2D eigenvalue weighted by Crippen LogP contribution is 2.50. The molecule has 2 aliphatic carbocycles. The summed E-state index contributed by atoms with van der Waals surface area (Å²) in [4.78, 5) is 2.36. The number of nitrogens with one attached hydrogen (secondary N) is 1. The van der Waals surface area contributed by atoms with Crippen LogP contribution in [-0.2, 0) is 17.3 Å². The fourth-order valence-electron chi connectivity index (χ4n) is 7.68. The average Bonchev–Trinajstić information content (AvgIpc) is 3.26. The maximum absolute atomic E-state index is 7.05. The lowest BCUT2D eigenvalue weighted by Gasteiger charge is -2.30. The minimum absolute atomic E-state index is 0.0644. The number of aryl methyl sites for hydroxylation is 1. The molecule has 1 N–H and O–H groups in total. The number of hydrogen-bond donors (Lipinski definition) is 1. The summed E-state index contributed by atoms with van der Waals surface area (Å²) in [6, 6.07) is 17.6. The van der Waals surface area contributed by atoms with Crippen LogP contribution in [0.25, 0.3) is 16.8 Å². The molecule has 0 spiro atoms.